The first-order chi connectivity index (χ1) is 11.1. The average Bonchev–Trinajstić information content (AvgIpc) is 2.53. The van der Waals surface area contributed by atoms with Crippen LogP contribution in [0.3, 0.4) is 0 Å². The Bertz CT molecular complexity index is 538. The lowest BCUT2D eigenvalue weighted by molar-refractivity contribution is -0.120. The summed E-state index contributed by atoms with van der Waals surface area (Å²) in [7, 11) is 0. The topological polar surface area (TPSA) is 68.8 Å². The Balaban J connectivity index is 1.97. The highest BCUT2D eigenvalue weighted by Gasteiger charge is 2.16. The van der Waals surface area contributed by atoms with E-state index >= 15 is 0 Å². The van der Waals surface area contributed by atoms with Crippen LogP contribution in [0.2, 0.25) is 0 Å². The SMILES string of the molecule is CCNC(=NCc1ccc(N2CCNC(=O)C2)cc1)NC(C)C. The molecule has 0 spiro atoms. The minimum atomic E-state index is 0.0833. The summed E-state index contributed by atoms with van der Waals surface area (Å²) >= 11 is 0. The molecule has 1 amide bonds. The lowest BCUT2D eigenvalue weighted by Crippen LogP contribution is -2.47. The van der Waals surface area contributed by atoms with Gasteiger partial charge in [0, 0.05) is 31.4 Å². The predicted molar refractivity (Wildman–Crippen MR) is 94.8 cm³/mol. The highest BCUT2D eigenvalue weighted by Crippen LogP contribution is 2.16. The van der Waals surface area contributed by atoms with E-state index in [1.165, 1.54) is 0 Å². The van der Waals surface area contributed by atoms with Crippen LogP contribution in [0, 0.1) is 0 Å². The average molecular weight is 317 g/mol. The molecule has 126 valence electrons. The molecule has 0 radical (unpaired) electrons. The highest BCUT2D eigenvalue weighted by atomic mass is 16.2. The van der Waals surface area contributed by atoms with Gasteiger partial charge in [0.1, 0.15) is 0 Å². The summed E-state index contributed by atoms with van der Waals surface area (Å²) in [6.45, 7) is 9.70. The van der Waals surface area contributed by atoms with E-state index in [4.69, 9.17) is 0 Å². The number of piperazine rings is 1. The van der Waals surface area contributed by atoms with Crippen LogP contribution in [0.4, 0.5) is 5.69 Å². The summed E-state index contributed by atoms with van der Waals surface area (Å²) in [5, 5.41) is 9.38. The maximum atomic E-state index is 11.5. The summed E-state index contributed by atoms with van der Waals surface area (Å²) in [4.78, 5) is 18.1. The molecule has 3 N–H and O–H groups in total. The maximum absolute atomic E-state index is 11.5. The van der Waals surface area contributed by atoms with E-state index in [9.17, 15) is 4.79 Å². The largest absolute Gasteiger partial charge is 0.360 e. The summed E-state index contributed by atoms with van der Waals surface area (Å²) in [5.74, 6) is 0.916. The van der Waals surface area contributed by atoms with Gasteiger partial charge in [-0.3, -0.25) is 4.79 Å². The number of nitrogens with zero attached hydrogens (tertiary/aromatic N) is 2. The van der Waals surface area contributed by atoms with Crippen molar-refractivity contribution >= 4 is 17.6 Å². The van der Waals surface area contributed by atoms with Crippen LogP contribution in [0.15, 0.2) is 29.3 Å². The zero-order chi connectivity index (χ0) is 16.7. The van der Waals surface area contributed by atoms with Crippen LogP contribution in [0.25, 0.3) is 0 Å². The maximum Gasteiger partial charge on any atom is 0.239 e. The first kappa shape index (κ1) is 17.1. The molecule has 6 nitrogen and oxygen atoms in total. The van der Waals surface area contributed by atoms with E-state index < -0.39 is 0 Å². The fourth-order valence-electron chi connectivity index (χ4n) is 2.43. The Morgan fingerprint density at radius 3 is 2.70 bits per heavy atom. The second-order valence-electron chi connectivity index (χ2n) is 5.93. The molecule has 1 aromatic rings. The van der Waals surface area contributed by atoms with E-state index in [1.54, 1.807) is 0 Å². The van der Waals surface area contributed by atoms with Gasteiger partial charge in [0.2, 0.25) is 5.91 Å². The van der Waals surface area contributed by atoms with Crippen LogP contribution >= 0.6 is 0 Å². The quantitative estimate of drug-likeness (QED) is 0.562. The molecule has 0 unspecified atom stereocenters. The second-order valence-corrected chi connectivity index (χ2v) is 5.93. The number of benzene rings is 1. The van der Waals surface area contributed by atoms with Crippen molar-refractivity contribution in [2.45, 2.75) is 33.4 Å². The monoisotopic (exact) mass is 317 g/mol. The number of carbonyl (C=O) groups excluding carboxylic acids is 1. The third kappa shape index (κ3) is 5.47. The standard InChI is InChI=1S/C17H27N5O/c1-4-18-17(21-13(2)3)20-11-14-5-7-15(8-6-14)22-10-9-19-16(23)12-22/h5-8,13H,4,9-12H2,1-3H3,(H,19,23)(H2,18,20,21). The molecule has 2 rings (SSSR count). The molecule has 0 bridgehead atoms. The molecule has 6 heteroatoms. The highest BCUT2D eigenvalue weighted by molar-refractivity contribution is 5.82. The van der Waals surface area contributed by atoms with Gasteiger partial charge in [-0.1, -0.05) is 12.1 Å². The van der Waals surface area contributed by atoms with Crippen molar-refractivity contribution in [3.63, 3.8) is 0 Å². The van der Waals surface area contributed by atoms with Crippen LogP contribution in [0.1, 0.15) is 26.3 Å². The Labute approximate surface area is 138 Å². The number of nitrogens with one attached hydrogen (secondary N) is 3. The van der Waals surface area contributed by atoms with Crippen LogP contribution < -0.4 is 20.9 Å². The van der Waals surface area contributed by atoms with Crippen molar-refractivity contribution in [1.82, 2.24) is 16.0 Å². The summed E-state index contributed by atoms with van der Waals surface area (Å²) in [6.07, 6.45) is 0. The van der Waals surface area contributed by atoms with Crippen LogP contribution in [-0.2, 0) is 11.3 Å². The molecule has 1 aliphatic heterocycles. The first-order valence-electron chi connectivity index (χ1n) is 8.24. The Kier molecular flexibility index (Phi) is 6.26. The number of carbonyl (C=O) groups is 1. The molecule has 1 heterocycles. The van der Waals surface area contributed by atoms with Crippen molar-refractivity contribution in [1.29, 1.82) is 0 Å². The van der Waals surface area contributed by atoms with Crippen LogP contribution in [0.5, 0.6) is 0 Å². The van der Waals surface area contributed by atoms with E-state index in [2.05, 4.69) is 70.9 Å². The molecular formula is C17H27N5O. The number of aliphatic imine (C=N–C) groups is 1. The predicted octanol–water partition coefficient (Wildman–Crippen LogP) is 1.09. The second kappa shape index (κ2) is 8.41. The van der Waals surface area contributed by atoms with E-state index in [0.29, 0.717) is 25.7 Å². The van der Waals surface area contributed by atoms with Crippen molar-refractivity contribution in [3.8, 4) is 0 Å². The Hall–Kier alpha value is -2.24. The molecule has 1 saturated heterocycles. The zero-order valence-corrected chi connectivity index (χ0v) is 14.2. The molecular weight excluding hydrogens is 290 g/mol. The van der Waals surface area contributed by atoms with E-state index in [-0.39, 0.29) is 5.91 Å². The van der Waals surface area contributed by atoms with Crippen molar-refractivity contribution in [2.75, 3.05) is 31.1 Å². The lowest BCUT2D eigenvalue weighted by Gasteiger charge is -2.28. The van der Waals surface area contributed by atoms with Gasteiger partial charge < -0.3 is 20.9 Å². The Morgan fingerprint density at radius 2 is 2.09 bits per heavy atom. The van der Waals surface area contributed by atoms with Crippen molar-refractivity contribution < 1.29 is 4.79 Å². The van der Waals surface area contributed by atoms with Crippen LogP contribution in [-0.4, -0.2) is 44.1 Å². The molecule has 1 aliphatic rings. The van der Waals surface area contributed by atoms with Gasteiger partial charge in [-0.2, -0.15) is 0 Å². The number of rotatable bonds is 5. The summed E-state index contributed by atoms with van der Waals surface area (Å²) < 4.78 is 0. The van der Waals surface area contributed by atoms with Gasteiger partial charge in [-0.15, -0.1) is 0 Å². The van der Waals surface area contributed by atoms with E-state index in [0.717, 1.165) is 30.3 Å². The smallest absolute Gasteiger partial charge is 0.239 e. The molecule has 1 aromatic carbocycles. The minimum absolute atomic E-state index is 0.0833. The molecule has 0 aromatic heterocycles. The number of anilines is 1. The lowest BCUT2D eigenvalue weighted by atomic mass is 10.2. The zero-order valence-electron chi connectivity index (χ0n) is 14.2. The van der Waals surface area contributed by atoms with Crippen molar-refractivity contribution in [3.05, 3.63) is 29.8 Å². The van der Waals surface area contributed by atoms with Crippen molar-refractivity contribution in [2.24, 2.45) is 4.99 Å². The third-order valence-electron chi connectivity index (χ3n) is 3.53. The van der Waals surface area contributed by atoms with Gasteiger partial charge in [0.05, 0.1) is 13.1 Å². The number of guanidine groups is 1. The fraction of sp³-hybridized carbons (Fsp3) is 0.529. The molecule has 0 atom stereocenters. The number of hydrogen-bond donors (Lipinski definition) is 3. The summed E-state index contributed by atoms with van der Waals surface area (Å²) in [6, 6.07) is 8.62. The van der Waals surface area contributed by atoms with Gasteiger partial charge in [0.15, 0.2) is 5.96 Å². The fourth-order valence-corrected chi connectivity index (χ4v) is 2.43. The summed E-state index contributed by atoms with van der Waals surface area (Å²) in [5.41, 5.74) is 2.23. The molecule has 0 aliphatic carbocycles. The van der Waals surface area contributed by atoms with Gasteiger partial charge in [0.25, 0.3) is 0 Å². The molecule has 0 saturated carbocycles. The minimum Gasteiger partial charge on any atom is -0.360 e. The first-order valence-corrected chi connectivity index (χ1v) is 8.24. The van der Waals surface area contributed by atoms with Gasteiger partial charge in [-0.25, -0.2) is 4.99 Å². The number of hydrogen-bond acceptors (Lipinski definition) is 3. The Morgan fingerprint density at radius 1 is 1.35 bits per heavy atom. The molecule has 1 fully saturated rings. The number of amides is 1. The third-order valence-corrected chi connectivity index (χ3v) is 3.53. The van der Waals surface area contributed by atoms with Gasteiger partial charge in [-0.05, 0) is 38.5 Å². The van der Waals surface area contributed by atoms with E-state index in [1.807, 2.05) is 0 Å². The molecule has 23 heavy (non-hydrogen) atoms. The normalized spacial score (nSPS) is 15.6. The van der Waals surface area contributed by atoms with Gasteiger partial charge >= 0.3 is 0 Å².